The van der Waals surface area contributed by atoms with E-state index in [9.17, 15) is 8.42 Å². The molecule has 3 N–H and O–H groups in total. The van der Waals surface area contributed by atoms with E-state index in [0.717, 1.165) is 0 Å². The lowest BCUT2D eigenvalue weighted by molar-refractivity contribution is 0.601. The van der Waals surface area contributed by atoms with Gasteiger partial charge in [-0.15, -0.1) is 11.6 Å². The van der Waals surface area contributed by atoms with Crippen LogP contribution in [0.2, 0.25) is 0 Å². The third-order valence-electron chi connectivity index (χ3n) is 2.60. The summed E-state index contributed by atoms with van der Waals surface area (Å²) in [6.07, 6.45) is 0. The molecule has 100 valence electrons. The summed E-state index contributed by atoms with van der Waals surface area (Å²) in [4.78, 5) is 0.114. The molecule has 0 unspecified atom stereocenters. The first-order chi connectivity index (χ1) is 9.03. The maximum Gasteiger partial charge on any atom is 0.261 e. The molecule has 0 saturated carbocycles. The van der Waals surface area contributed by atoms with Crippen LogP contribution < -0.4 is 10.5 Å². The summed E-state index contributed by atoms with van der Waals surface area (Å²) in [5, 5.41) is 0. The second kappa shape index (κ2) is 5.50. The number of hydrogen-bond acceptors (Lipinski definition) is 3. The van der Waals surface area contributed by atoms with Gasteiger partial charge in [-0.25, -0.2) is 8.42 Å². The van der Waals surface area contributed by atoms with Crippen molar-refractivity contribution in [2.24, 2.45) is 0 Å². The van der Waals surface area contributed by atoms with E-state index in [4.69, 9.17) is 17.3 Å². The van der Waals surface area contributed by atoms with Gasteiger partial charge in [0.05, 0.1) is 4.90 Å². The Hall–Kier alpha value is -1.72. The van der Waals surface area contributed by atoms with Crippen molar-refractivity contribution in [3.63, 3.8) is 0 Å². The first kappa shape index (κ1) is 13.7. The van der Waals surface area contributed by atoms with Gasteiger partial charge in [-0.3, -0.25) is 4.72 Å². The molecule has 0 fully saturated rings. The molecule has 0 radical (unpaired) electrons. The van der Waals surface area contributed by atoms with Crippen molar-refractivity contribution in [3.8, 4) is 0 Å². The minimum Gasteiger partial charge on any atom is -0.398 e. The molecule has 0 aromatic heterocycles. The third kappa shape index (κ3) is 3.19. The Morgan fingerprint density at radius 3 is 2.37 bits per heavy atom. The topological polar surface area (TPSA) is 72.2 Å². The highest BCUT2D eigenvalue weighted by molar-refractivity contribution is 7.92. The summed E-state index contributed by atoms with van der Waals surface area (Å²) >= 11 is 5.68. The zero-order valence-corrected chi connectivity index (χ0v) is 11.6. The summed E-state index contributed by atoms with van der Waals surface area (Å²) in [6, 6.07) is 13.2. The number of nitrogens with two attached hydrogens (primary N) is 1. The quantitative estimate of drug-likeness (QED) is 0.673. The lowest BCUT2D eigenvalue weighted by Crippen LogP contribution is -2.13. The predicted octanol–water partition coefficient (Wildman–Crippen LogP) is 2.81. The van der Waals surface area contributed by atoms with E-state index < -0.39 is 10.0 Å². The monoisotopic (exact) mass is 296 g/mol. The molecule has 0 spiro atoms. The Balaban J connectivity index is 2.32. The number of benzene rings is 2. The summed E-state index contributed by atoms with van der Waals surface area (Å²) < 4.78 is 26.8. The smallest absolute Gasteiger partial charge is 0.261 e. The maximum absolute atomic E-state index is 12.2. The first-order valence-corrected chi connectivity index (χ1v) is 7.57. The van der Waals surface area contributed by atoms with E-state index in [1.807, 2.05) is 6.07 Å². The van der Waals surface area contributed by atoms with Crippen LogP contribution in [-0.4, -0.2) is 8.42 Å². The molecule has 2 aromatic carbocycles. The van der Waals surface area contributed by atoms with Gasteiger partial charge in [0.1, 0.15) is 0 Å². The lowest BCUT2D eigenvalue weighted by atomic mass is 10.2. The Bertz CT molecular complexity index is 672. The molecule has 0 aliphatic rings. The van der Waals surface area contributed by atoms with Crippen LogP contribution in [0.1, 0.15) is 5.56 Å². The van der Waals surface area contributed by atoms with Crippen LogP contribution in [0, 0.1) is 0 Å². The van der Waals surface area contributed by atoms with Gasteiger partial charge in [0.2, 0.25) is 0 Å². The average Bonchev–Trinajstić information content (AvgIpc) is 2.39. The van der Waals surface area contributed by atoms with Crippen molar-refractivity contribution in [3.05, 3.63) is 54.1 Å². The van der Waals surface area contributed by atoms with Gasteiger partial charge in [0.25, 0.3) is 10.0 Å². The highest BCUT2D eigenvalue weighted by Crippen LogP contribution is 2.21. The van der Waals surface area contributed by atoms with Crippen molar-refractivity contribution in [1.82, 2.24) is 0 Å². The Kier molecular flexibility index (Phi) is 3.97. The van der Waals surface area contributed by atoms with Gasteiger partial charge in [-0.05, 0) is 29.8 Å². The van der Waals surface area contributed by atoms with Crippen LogP contribution >= 0.6 is 11.6 Å². The molecule has 2 aromatic rings. The fourth-order valence-electron chi connectivity index (χ4n) is 1.58. The fourth-order valence-corrected chi connectivity index (χ4v) is 2.92. The van der Waals surface area contributed by atoms with Crippen molar-refractivity contribution in [2.75, 3.05) is 10.5 Å². The zero-order chi connectivity index (χ0) is 13.9. The van der Waals surface area contributed by atoms with Crippen molar-refractivity contribution in [2.45, 2.75) is 10.8 Å². The molecular formula is C13H13ClN2O2S. The maximum atomic E-state index is 12.2. The molecule has 2 rings (SSSR count). The van der Waals surface area contributed by atoms with Crippen molar-refractivity contribution in [1.29, 1.82) is 0 Å². The summed E-state index contributed by atoms with van der Waals surface area (Å²) in [5.74, 6) is 0.248. The Labute approximate surface area is 117 Å². The number of rotatable bonds is 4. The molecule has 0 amide bonds. The molecule has 0 aliphatic heterocycles. The molecule has 0 aliphatic carbocycles. The van der Waals surface area contributed by atoms with Crippen LogP contribution in [-0.2, 0) is 15.9 Å². The minimum atomic E-state index is -3.63. The third-order valence-corrected chi connectivity index (χ3v) is 4.26. The van der Waals surface area contributed by atoms with Crippen molar-refractivity contribution >= 4 is 33.0 Å². The number of para-hydroxylation sites is 1. The second-order valence-corrected chi connectivity index (χ2v) is 5.92. The van der Waals surface area contributed by atoms with Gasteiger partial charge < -0.3 is 5.73 Å². The van der Waals surface area contributed by atoms with Crippen LogP contribution in [0.4, 0.5) is 11.4 Å². The van der Waals surface area contributed by atoms with Crippen LogP contribution in [0.3, 0.4) is 0 Å². The molecule has 19 heavy (non-hydrogen) atoms. The molecule has 6 heteroatoms. The summed E-state index contributed by atoms with van der Waals surface area (Å²) in [6.45, 7) is 0. The Morgan fingerprint density at radius 2 is 1.79 bits per heavy atom. The number of hydrogen-bond donors (Lipinski definition) is 2. The minimum absolute atomic E-state index is 0.114. The number of nitrogens with one attached hydrogen (secondary N) is 1. The van der Waals surface area contributed by atoms with E-state index in [0.29, 0.717) is 16.9 Å². The first-order valence-electron chi connectivity index (χ1n) is 5.55. The standard InChI is InChI=1S/C13H13ClN2O2S/c14-9-10-6-7-12(8-13(10)15)19(17,18)16-11-4-2-1-3-5-11/h1-8,16H,9,15H2. The number of halogens is 1. The number of nitrogen functional groups attached to an aromatic ring is 1. The highest BCUT2D eigenvalue weighted by Gasteiger charge is 2.15. The van der Waals surface area contributed by atoms with Crippen molar-refractivity contribution < 1.29 is 8.42 Å². The SMILES string of the molecule is Nc1cc(S(=O)(=O)Nc2ccccc2)ccc1CCl. The fraction of sp³-hybridized carbons (Fsp3) is 0.0769. The molecule has 4 nitrogen and oxygen atoms in total. The number of anilines is 2. The van der Waals surface area contributed by atoms with Crippen LogP contribution in [0.5, 0.6) is 0 Å². The van der Waals surface area contributed by atoms with E-state index >= 15 is 0 Å². The van der Waals surface area contributed by atoms with Crippen LogP contribution in [0.15, 0.2) is 53.4 Å². The van der Waals surface area contributed by atoms with E-state index in [1.54, 1.807) is 30.3 Å². The molecule has 0 bridgehead atoms. The van der Waals surface area contributed by atoms with Crippen LogP contribution in [0.25, 0.3) is 0 Å². The van der Waals surface area contributed by atoms with Gasteiger partial charge in [0.15, 0.2) is 0 Å². The summed E-state index contributed by atoms with van der Waals surface area (Å²) in [7, 11) is -3.63. The average molecular weight is 297 g/mol. The molecule has 0 atom stereocenters. The Morgan fingerprint density at radius 1 is 1.11 bits per heavy atom. The molecule has 0 saturated heterocycles. The van der Waals surface area contributed by atoms with Gasteiger partial charge >= 0.3 is 0 Å². The van der Waals surface area contributed by atoms with Gasteiger partial charge in [0, 0.05) is 17.3 Å². The predicted molar refractivity (Wildman–Crippen MR) is 77.7 cm³/mol. The summed E-state index contributed by atoms with van der Waals surface area (Å²) in [5.41, 5.74) is 7.32. The highest BCUT2D eigenvalue weighted by atomic mass is 35.5. The van der Waals surface area contributed by atoms with E-state index in [-0.39, 0.29) is 10.8 Å². The molecule has 0 heterocycles. The van der Waals surface area contributed by atoms with E-state index in [1.165, 1.54) is 12.1 Å². The second-order valence-electron chi connectivity index (χ2n) is 3.97. The number of sulfonamides is 1. The zero-order valence-electron chi connectivity index (χ0n) is 10.0. The van der Waals surface area contributed by atoms with Gasteiger partial charge in [-0.2, -0.15) is 0 Å². The molecular weight excluding hydrogens is 284 g/mol. The van der Waals surface area contributed by atoms with E-state index in [2.05, 4.69) is 4.72 Å². The number of alkyl halides is 1. The van der Waals surface area contributed by atoms with Gasteiger partial charge in [-0.1, -0.05) is 24.3 Å². The normalized spacial score (nSPS) is 11.2. The lowest BCUT2D eigenvalue weighted by Gasteiger charge is -2.09. The largest absolute Gasteiger partial charge is 0.398 e.